The molecule has 1 unspecified atom stereocenters. The zero-order valence-electron chi connectivity index (χ0n) is 17.4. The van der Waals surface area contributed by atoms with Crippen LogP contribution in [0.15, 0.2) is 53.4 Å². The van der Waals surface area contributed by atoms with Gasteiger partial charge in [-0.05, 0) is 56.2 Å². The number of piperidine rings is 1. The number of hydrogen-bond donors (Lipinski definition) is 2. The number of hydrogen-bond acceptors (Lipinski definition) is 5. The van der Waals surface area contributed by atoms with E-state index >= 15 is 0 Å². The highest BCUT2D eigenvalue weighted by Crippen LogP contribution is 2.26. The van der Waals surface area contributed by atoms with Crippen LogP contribution in [0.25, 0.3) is 0 Å². The van der Waals surface area contributed by atoms with Crippen LogP contribution in [0, 0.1) is 5.92 Å². The molecule has 0 radical (unpaired) electrons. The van der Waals surface area contributed by atoms with Crippen molar-refractivity contribution in [3.63, 3.8) is 0 Å². The molecule has 1 saturated heterocycles. The normalized spacial score (nSPS) is 17.0. The number of anilines is 2. The number of rotatable bonds is 6. The fourth-order valence-electron chi connectivity index (χ4n) is 3.50. The number of amides is 2. The predicted octanol–water partition coefficient (Wildman–Crippen LogP) is 2.89. The smallest absolute Gasteiger partial charge is 0.243 e. The maximum atomic E-state index is 13.0. The Balaban J connectivity index is 1.70. The molecule has 1 atom stereocenters. The first-order valence-electron chi connectivity index (χ1n) is 9.96. The highest BCUT2D eigenvalue weighted by Gasteiger charge is 2.33. The van der Waals surface area contributed by atoms with Crippen LogP contribution >= 0.6 is 0 Å². The molecule has 1 aliphatic rings. The highest BCUT2D eigenvalue weighted by molar-refractivity contribution is 7.89. The Labute approximate surface area is 181 Å². The summed E-state index contributed by atoms with van der Waals surface area (Å²) in [6, 6.07) is 12.6. The largest absolute Gasteiger partial charge is 0.326 e. The summed E-state index contributed by atoms with van der Waals surface area (Å²) in [7, 11) is -3.77. The SMILES string of the molecule is CC(=O)Nc1ccc(S(=O)(=O)N2CCCC(C(=O)Nc3cccc(C(C)=O)c3)C2)cc1. The van der Waals surface area contributed by atoms with Crippen molar-refractivity contribution in [2.45, 2.75) is 31.6 Å². The minimum Gasteiger partial charge on any atom is -0.326 e. The number of benzene rings is 2. The maximum Gasteiger partial charge on any atom is 0.243 e. The molecule has 0 saturated carbocycles. The van der Waals surface area contributed by atoms with Gasteiger partial charge < -0.3 is 10.6 Å². The Kier molecular flexibility index (Phi) is 6.87. The van der Waals surface area contributed by atoms with Crippen LogP contribution in [-0.4, -0.2) is 43.4 Å². The zero-order valence-corrected chi connectivity index (χ0v) is 18.2. The standard InChI is InChI=1S/C22H25N3O5S/c1-15(26)17-5-3-7-20(13-17)24-22(28)18-6-4-12-25(14-18)31(29,30)21-10-8-19(9-11-21)23-16(2)27/h3,5,7-11,13,18H,4,6,12,14H2,1-2H3,(H,23,27)(H,24,28). The molecular weight excluding hydrogens is 418 g/mol. The van der Waals surface area contributed by atoms with Crippen molar-refractivity contribution >= 4 is 39.0 Å². The van der Waals surface area contributed by atoms with E-state index in [0.717, 1.165) is 0 Å². The van der Waals surface area contributed by atoms with Gasteiger partial charge >= 0.3 is 0 Å². The van der Waals surface area contributed by atoms with Gasteiger partial charge in [-0.25, -0.2) is 8.42 Å². The van der Waals surface area contributed by atoms with E-state index in [4.69, 9.17) is 0 Å². The number of Topliss-reactive ketones (excluding diaryl/α,β-unsaturated/α-hetero) is 1. The lowest BCUT2D eigenvalue weighted by molar-refractivity contribution is -0.121. The van der Waals surface area contributed by atoms with Crippen LogP contribution in [0.3, 0.4) is 0 Å². The second-order valence-corrected chi connectivity index (χ2v) is 9.47. The molecule has 3 rings (SSSR count). The van der Waals surface area contributed by atoms with Crippen molar-refractivity contribution in [2.75, 3.05) is 23.7 Å². The molecule has 0 spiro atoms. The number of nitrogens with one attached hydrogen (secondary N) is 2. The van der Waals surface area contributed by atoms with Gasteiger partial charge in [0.1, 0.15) is 0 Å². The second-order valence-electron chi connectivity index (χ2n) is 7.53. The molecule has 0 aromatic heterocycles. The van der Waals surface area contributed by atoms with E-state index in [1.165, 1.54) is 42.4 Å². The molecule has 1 aliphatic heterocycles. The first-order valence-corrected chi connectivity index (χ1v) is 11.4. The first-order chi connectivity index (χ1) is 14.7. The van der Waals surface area contributed by atoms with Crippen molar-refractivity contribution in [1.82, 2.24) is 4.31 Å². The van der Waals surface area contributed by atoms with Crippen LogP contribution in [0.5, 0.6) is 0 Å². The fourth-order valence-corrected chi connectivity index (χ4v) is 5.02. The summed E-state index contributed by atoms with van der Waals surface area (Å²) >= 11 is 0. The summed E-state index contributed by atoms with van der Waals surface area (Å²) in [5.74, 6) is -1.12. The van der Waals surface area contributed by atoms with Crippen LogP contribution in [-0.2, 0) is 19.6 Å². The lowest BCUT2D eigenvalue weighted by atomic mass is 9.98. The molecule has 164 valence electrons. The number of sulfonamides is 1. The van der Waals surface area contributed by atoms with Gasteiger partial charge in [0.25, 0.3) is 0 Å². The van der Waals surface area contributed by atoms with E-state index < -0.39 is 15.9 Å². The van der Waals surface area contributed by atoms with E-state index in [1.807, 2.05) is 0 Å². The van der Waals surface area contributed by atoms with Gasteiger partial charge in [-0.15, -0.1) is 0 Å². The average Bonchev–Trinajstić information content (AvgIpc) is 2.74. The predicted molar refractivity (Wildman–Crippen MR) is 117 cm³/mol. The molecular formula is C22H25N3O5S. The van der Waals surface area contributed by atoms with Gasteiger partial charge in [0.05, 0.1) is 10.8 Å². The van der Waals surface area contributed by atoms with Crippen LogP contribution in [0.1, 0.15) is 37.0 Å². The summed E-state index contributed by atoms with van der Waals surface area (Å²) in [6.07, 6.45) is 1.14. The van der Waals surface area contributed by atoms with Crippen molar-refractivity contribution in [3.8, 4) is 0 Å². The van der Waals surface area contributed by atoms with E-state index in [1.54, 1.807) is 24.3 Å². The lowest BCUT2D eigenvalue weighted by Gasteiger charge is -2.31. The maximum absolute atomic E-state index is 13.0. The minimum absolute atomic E-state index is 0.0774. The van der Waals surface area contributed by atoms with Gasteiger partial charge in [0.15, 0.2) is 5.78 Å². The monoisotopic (exact) mass is 443 g/mol. The molecule has 2 N–H and O–H groups in total. The molecule has 9 heteroatoms. The topological polar surface area (TPSA) is 113 Å². The molecule has 8 nitrogen and oxygen atoms in total. The molecule has 0 aliphatic carbocycles. The molecule has 2 aromatic carbocycles. The Morgan fingerprint density at radius 3 is 2.32 bits per heavy atom. The molecule has 2 amide bonds. The highest BCUT2D eigenvalue weighted by atomic mass is 32.2. The van der Waals surface area contributed by atoms with E-state index in [2.05, 4.69) is 10.6 Å². The van der Waals surface area contributed by atoms with E-state index in [0.29, 0.717) is 36.3 Å². The van der Waals surface area contributed by atoms with Crippen molar-refractivity contribution in [2.24, 2.45) is 5.92 Å². The van der Waals surface area contributed by atoms with Gasteiger partial charge in [0.2, 0.25) is 21.8 Å². The second kappa shape index (κ2) is 9.40. The molecule has 1 fully saturated rings. The fraction of sp³-hybridized carbons (Fsp3) is 0.318. The quantitative estimate of drug-likeness (QED) is 0.667. The van der Waals surface area contributed by atoms with E-state index in [9.17, 15) is 22.8 Å². The van der Waals surface area contributed by atoms with Crippen molar-refractivity contribution < 1.29 is 22.8 Å². The summed E-state index contributed by atoms with van der Waals surface area (Å²) in [5.41, 5.74) is 1.51. The van der Waals surface area contributed by atoms with Crippen molar-refractivity contribution in [1.29, 1.82) is 0 Å². The molecule has 2 aromatic rings. The van der Waals surface area contributed by atoms with Gasteiger partial charge in [-0.3, -0.25) is 14.4 Å². The van der Waals surface area contributed by atoms with Gasteiger partial charge in [-0.1, -0.05) is 12.1 Å². The minimum atomic E-state index is -3.77. The lowest BCUT2D eigenvalue weighted by Crippen LogP contribution is -2.43. The first kappa shape index (κ1) is 22.6. The Morgan fingerprint density at radius 2 is 1.68 bits per heavy atom. The van der Waals surface area contributed by atoms with Crippen LogP contribution in [0.2, 0.25) is 0 Å². The number of carbonyl (C=O) groups is 3. The molecule has 1 heterocycles. The Hall–Kier alpha value is -3.04. The third-order valence-electron chi connectivity index (χ3n) is 5.10. The van der Waals surface area contributed by atoms with Crippen molar-refractivity contribution in [3.05, 3.63) is 54.1 Å². The third kappa shape index (κ3) is 5.56. The Bertz CT molecular complexity index is 1100. The van der Waals surface area contributed by atoms with Crippen LogP contribution in [0.4, 0.5) is 11.4 Å². The molecule has 0 bridgehead atoms. The summed E-state index contributed by atoms with van der Waals surface area (Å²) in [5, 5.41) is 5.39. The summed E-state index contributed by atoms with van der Waals surface area (Å²) < 4.78 is 27.4. The Morgan fingerprint density at radius 1 is 0.968 bits per heavy atom. The number of carbonyl (C=O) groups excluding carboxylic acids is 3. The molecule has 31 heavy (non-hydrogen) atoms. The van der Waals surface area contributed by atoms with Crippen LogP contribution < -0.4 is 10.6 Å². The number of nitrogens with zero attached hydrogens (tertiary/aromatic N) is 1. The number of ketones is 1. The van der Waals surface area contributed by atoms with Gasteiger partial charge in [-0.2, -0.15) is 4.31 Å². The summed E-state index contributed by atoms with van der Waals surface area (Å²) in [6.45, 7) is 3.24. The van der Waals surface area contributed by atoms with Gasteiger partial charge in [0, 0.05) is 37.0 Å². The third-order valence-corrected chi connectivity index (χ3v) is 6.98. The van der Waals surface area contributed by atoms with E-state index in [-0.39, 0.29) is 29.0 Å². The summed E-state index contributed by atoms with van der Waals surface area (Å²) in [4.78, 5) is 35.5. The average molecular weight is 444 g/mol. The zero-order chi connectivity index (χ0) is 22.6.